The van der Waals surface area contributed by atoms with Crippen LogP contribution >= 0.6 is 0 Å². The minimum absolute atomic E-state index is 0.0186. The quantitative estimate of drug-likeness (QED) is 0.190. The Morgan fingerprint density at radius 1 is 0.860 bits per heavy atom. The van der Waals surface area contributed by atoms with Gasteiger partial charge in [-0.3, -0.25) is 29.3 Å². The number of nitrogens with zero attached hydrogens (tertiary/aromatic N) is 1. The number of imide groups is 1. The number of benzene rings is 2. The average Bonchev–Trinajstić information content (AvgIpc) is 3.80. The Bertz CT molecular complexity index is 1600. The summed E-state index contributed by atoms with van der Waals surface area (Å²) in [5.74, 6) is -4.87. The maximum atomic E-state index is 14.4. The zero-order chi connectivity index (χ0) is 30.5. The van der Waals surface area contributed by atoms with Crippen molar-refractivity contribution in [1.82, 2.24) is 5.32 Å². The van der Waals surface area contributed by atoms with Gasteiger partial charge in [-0.1, -0.05) is 36.4 Å². The summed E-state index contributed by atoms with van der Waals surface area (Å²) in [6.45, 7) is 0. The zero-order valence-electron chi connectivity index (χ0n) is 23.8. The third kappa shape index (κ3) is 4.17. The summed E-state index contributed by atoms with van der Waals surface area (Å²) in [7, 11) is 3.66. The number of methoxy groups -OCH3 is 3. The molecule has 4 atom stereocenters. The molecule has 1 aromatic heterocycles. The summed E-state index contributed by atoms with van der Waals surface area (Å²) in [5, 5.41) is 3.29. The monoisotopic (exact) mass is 586 g/mol. The predicted octanol–water partition coefficient (Wildman–Crippen LogP) is 2.32. The number of esters is 3. The van der Waals surface area contributed by atoms with Gasteiger partial charge in [0.05, 0.1) is 51.2 Å². The molecule has 3 aliphatic rings. The topological polar surface area (TPSA) is 141 Å². The van der Waals surface area contributed by atoms with E-state index in [1.165, 1.54) is 27.6 Å². The molecule has 0 spiro atoms. The number of carbonyl (C=O) groups excluding carboxylic acids is 5. The van der Waals surface area contributed by atoms with Crippen LogP contribution in [0.5, 0.6) is 0 Å². The van der Waals surface area contributed by atoms with E-state index in [1.54, 1.807) is 30.3 Å². The Morgan fingerprint density at radius 2 is 1.53 bits per heavy atom. The van der Waals surface area contributed by atoms with Crippen molar-refractivity contribution >= 4 is 35.4 Å². The largest absolute Gasteiger partial charge is 0.468 e. The summed E-state index contributed by atoms with van der Waals surface area (Å²) >= 11 is 0. The highest BCUT2D eigenvalue weighted by Crippen LogP contribution is 2.52. The summed E-state index contributed by atoms with van der Waals surface area (Å²) in [6.07, 6.45) is 1.60. The van der Waals surface area contributed by atoms with Gasteiger partial charge < -0.3 is 18.6 Å². The van der Waals surface area contributed by atoms with Crippen molar-refractivity contribution in [3.05, 3.63) is 89.4 Å². The van der Waals surface area contributed by atoms with Crippen molar-refractivity contribution in [3.8, 4) is 0 Å². The number of hydrogen-bond donors (Lipinski definition) is 1. The highest BCUT2D eigenvalue weighted by atomic mass is 16.5. The number of ether oxygens (including phenoxy) is 3. The molecule has 1 N–H and O–H groups in total. The van der Waals surface area contributed by atoms with Crippen molar-refractivity contribution in [2.24, 2.45) is 17.3 Å². The van der Waals surface area contributed by atoms with Gasteiger partial charge in [-0.25, -0.2) is 4.90 Å². The third-order valence-corrected chi connectivity index (χ3v) is 8.96. The molecule has 0 saturated carbocycles. The van der Waals surface area contributed by atoms with Crippen molar-refractivity contribution in [2.75, 3.05) is 26.2 Å². The minimum atomic E-state index is -1.57. The Hall–Kier alpha value is -4.77. The summed E-state index contributed by atoms with van der Waals surface area (Å²) in [6, 6.07) is 16.7. The van der Waals surface area contributed by atoms with Crippen LogP contribution in [-0.2, 0) is 57.4 Å². The van der Waals surface area contributed by atoms with Gasteiger partial charge in [-0.15, -0.1) is 0 Å². The van der Waals surface area contributed by atoms with E-state index in [-0.39, 0.29) is 24.9 Å². The van der Waals surface area contributed by atoms with Crippen molar-refractivity contribution in [1.29, 1.82) is 0 Å². The summed E-state index contributed by atoms with van der Waals surface area (Å²) in [4.78, 5) is 68.8. The fourth-order valence-corrected chi connectivity index (χ4v) is 7.06. The smallest absolute Gasteiger partial charge is 0.327 e. The second-order valence-corrected chi connectivity index (χ2v) is 11.1. The number of nitrogens with one attached hydrogen (secondary N) is 1. The van der Waals surface area contributed by atoms with Crippen LogP contribution in [0.25, 0.3) is 0 Å². The third-order valence-electron chi connectivity index (χ3n) is 8.96. The van der Waals surface area contributed by atoms with Crippen LogP contribution < -0.4 is 10.2 Å². The fraction of sp³-hybridized carbons (Fsp3) is 0.344. The first-order valence-electron chi connectivity index (χ1n) is 13.8. The molecule has 11 nitrogen and oxygen atoms in total. The van der Waals surface area contributed by atoms with E-state index in [2.05, 4.69) is 5.32 Å². The van der Waals surface area contributed by atoms with Gasteiger partial charge in [0, 0.05) is 6.42 Å². The first-order valence-corrected chi connectivity index (χ1v) is 13.8. The number of hydrogen-bond acceptors (Lipinski definition) is 10. The SMILES string of the molecule is COC(=O)C1(C(=O)OC)Cc2ccc(N3C(=O)[C@H]4[C@@H](C3=O)[C@@](Cc3ccccc3)(C(=O)OC)N[C@H]4c3ccco3)cc2C1. The first-order chi connectivity index (χ1) is 20.7. The molecule has 43 heavy (non-hydrogen) atoms. The highest BCUT2D eigenvalue weighted by molar-refractivity contribution is 6.24. The van der Waals surface area contributed by atoms with E-state index in [0.717, 1.165) is 10.5 Å². The number of fused-ring (bicyclic) bond motifs is 2. The van der Waals surface area contributed by atoms with E-state index in [1.807, 2.05) is 30.3 Å². The van der Waals surface area contributed by atoms with Gasteiger partial charge >= 0.3 is 17.9 Å². The van der Waals surface area contributed by atoms with Crippen LogP contribution in [0.4, 0.5) is 5.69 Å². The molecular weight excluding hydrogens is 556 g/mol. The first kappa shape index (κ1) is 28.4. The maximum Gasteiger partial charge on any atom is 0.327 e. The highest BCUT2D eigenvalue weighted by Gasteiger charge is 2.69. The normalized spacial score (nSPS) is 25.3. The molecule has 11 heteroatoms. The van der Waals surface area contributed by atoms with Crippen LogP contribution in [0.1, 0.15) is 28.5 Å². The van der Waals surface area contributed by atoms with Crippen LogP contribution in [-0.4, -0.2) is 56.6 Å². The minimum Gasteiger partial charge on any atom is -0.468 e. The van der Waals surface area contributed by atoms with Crippen LogP contribution in [0.2, 0.25) is 0 Å². The Morgan fingerprint density at radius 3 is 2.16 bits per heavy atom. The lowest BCUT2D eigenvalue weighted by Gasteiger charge is -2.32. The van der Waals surface area contributed by atoms with E-state index in [4.69, 9.17) is 18.6 Å². The Kier molecular flexibility index (Phi) is 6.92. The molecule has 6 rings (SSSR count). The average molecular weight is 587 g/mol. The predicted molar refractivity (Wildman–Crippen MR) is 149 cm³/mol. The Balaban J connectivity index is 1.43. The maximum absolute atomic E-state index is 14.4. The fourth-order valence-electron chi connectivity index (χ4n) is 7.06. The molecule has 2 aliphatic heterocycles. The lowest BCUT2D eigenvalue weighted by molar-refractivity contribution is -0.168. The van der Waals surface area contributed by atoms with E-state index in [0.29, 0.717) is 16.9 Å². The molecule has 1 aliphatic carbocycles. The van der Waals surface area contributed by atoms with E-state index >= 15 is 0 Å². The molecule has 0 bridgehead atoms. The summed E-state index contributed by atoms with van der Waals surface area (Å²) < 4.78 is 20.8. The van der Waals surface area contributed by atoms with Gasteiger partial charge in [0.25, 0.3) is 0 Å². The molecule has 2 fully saturated rings. The lowest BCUT2D eigenvalue weighted by Crippen LogP contribution is -2.57. The number of anilines is 1. The Labute approximate surface area is 247 Å². The van der Waals surface area contributed by atoms with Crippen LogP contribution in [0.3, 0.4) is 0 Å². The van der Waals surface area contributed by atoms with Gasteiger partial charge in [0.2, 0.25) is 11.8 Å². The molecule has 2 amide bonds. The van der Waals surface area contributed by atoms with Gasteiger partial charge in [-0.2, -0.15) is 0 Å². The van der Waals surface area contributed by atoms with Crippen LogP contribution in [0.15, 0.2) is 71.3 Å². The molecule has 0 unspecified atom stereocenters. The van der Waals surface area contributed by atoms with Crippen molar-refractivity contribution in [3.63, 3.8) is 0 Å². The van der Waals surface area contributed by atoms with E-state index < -0.39 is 58.6 Å². The molecule has 3 heterocycles. The molecule has 3 aromatic rings. The van der Waals surface area contributed by atoms with E-state index in [9.17, 15) is 24.0 Å². The van der Waals surface area contributed by atoms with Gasteiger partial charge in [0.15, 0.2) is 5.41 Å². The lowest BCUT2D eigenvalue weighted by atomic mass is 9.76. The molecule has 2 saturated heterocycles. The number of amides is 2. The number of furan rings is 1. The van der Waals surface area contributed by atoms with Crippen molar-refractivity contribution in [2.45, 2.75) is 30.8 Å². The molecule has 2 aromatic carbocycles. The second kappa shape index (κ2) is 10.5. The number of rotatable bonds is 7. The summed E-state index contributed by atoms with van der Waals surface area (Å²) in [5.41, 5.74) is -0.786. The standard InChI is InChI=1S/C32H30N2O9/c1-40-28(37)31(29(38)41-2)16-19-11-12-21(14-20(19)17-31)34-26(35)23-24(27(34)36)32(30(39)42-3,15-18-8-5-4-6-9-18)33-25(23)22-10-7-13-43-22/h4-14,23-25,33H,15-17H2,1-3H3/t23-,24-,25-,32-/m0/s1. The van der Waals surface area contributed by atoms with Gasteiger partial charge in [-0.05, 0) is 53.8 Å². The van der Waals surface area contributed by atoms with Crippen LogP contribution in [0, 0.1) is 17.3 Å². The van der Waals surface area contributed by atoms with Crippen molar-refractivity contribution < 1.29 is 42.6 Å². The molecular formula is C32H30N2O9. The second-order valence-electron chi connectivity index (χ2n) is 11.1. The zero-order valence-corrected chi connectivity index (χ0v) is 23.8. The van der Waals surface area contributed by atoms with Gasteiger partial charge in [0.1, 0.15) is 11.3 Å². The molecule has 0 radical (unpaired) electrons. The number of carbonyl (C=O) groups is 5. The molecule has 222 valence electrons.